The topological polar surface area (TPSA) is 68.0 Å². The summed E-state index contributed by atoms with van der Waals surface area (Å²) in [6.45, 7) is 0. The smallest absolute Gasteiger partial charge is 0.267 e. The van der Waals surface area contributed by atoms with Crippen LogP contribution in [0.1, 0.15) is 9.67 Å². The standard InChI is InChI=1S/C32H23N3OS/c33-29-28-25(22-14-6-2-7-15-22)20-27(23-16-8-3-9-17-23)35-32(28)37-30(29)31(36)34-26-19-11-10-18-24(26)21-12-4-1-5-13-21/h1-20H,33H2,(H,34,36). The molecule has 2 heterocycles. The van der Waals surface area contributed by atoms with E-state index in [0.29, 0.717) is 10.6 Å². The Bertz CT molecular complexity index is 1710. The zero-order chi connectivity index (χ0) is 25.2. The summed E-state index contributed by atoms with van der Waals surface area (Å²) in [7, 11) is 0. The quantitative estimate of drug-likeness (QED) is 0.253. The lowest BCUT2D eigenvalue weighted by molar-refractivity contribution is 0.103. The van der Waals surface area contributed by atoms with Crippen LogP contribution in [0.2, 0.25) is 0 Å². The van der Waals surface area contributed by atoms with E-state index in [4.69, 9.17) is 10.7 Å². The first kappa shape index (κ1) is 22.7. The largest absolute Gasteiger partial charge is 0.397 e. The highest BCUT2D eigenvalue weighted by Gasteiger charge is 2.22. The monoisotopic (exact) mass is 497 g/mol. The van der Waals surface area contributed by atoms with Crippen LogP contribution in [0, 0.1) is 0 Å². The van der Waals surface area contributed by atoms with Crippen molar-refractivity contribution in [1.29, 1.82) is 0 Å². The molecule has 0 aliphatic heterocycles. The van der Waals surface area contributed by atoms with Gasteiger partial charge in [-0.15, -0.1) is 11.3 Å². The molecule has 1 amide bonds. The molecule has 4 aromatic carbocycles. The van der Waals surface area contributed by atoms with E-state index in [9.17, 15) is 4.79 Å². The van der Waals surface area contributed by atoms with Gasteiger partial charge in [-0.3, -0.25) is 4.79 Å². The minimum atomic E-state index is -0.246. The van der Waals surface area contributed by atoms with Crippen LogP contribution in [-0.2, 0) is 0 Å². The van der Waals surface area contributed by atoms with Crippen LogP contribution < -0.4 is 11.1 Å². The highest BCUT2D eigenvalue weighted by Crippen LogP contribution is 2.41. The SMILES string of the molecule is Nc1c(C(=O)Nc2ccccc2-c2ccccc2)sc2nc(-c3ccccc3)cc(-c3ccccc3)c12. The Morgan fingerprint density at radius 3 is 1.86 bits per heavy atom. The van der Waals surface area contributed by atoms with Crippen molar-refractivity contribution in [2.75, 3.05) is 11.1 Å². The molecule has 178 valence electrons. The number of para-hydroxylation sites is 1. The van der Waals surface area contributed by atoms with Crippen molar-refractivity contribution in [1.82, 2.24) is 4.98 Å². The summed E-state index contributed by atoms with van der Waals surface area (Å²) in [5, 5.41) is 3.90. The van der Waals surface area contributed by atoms with Crippen molar-refractivity contribution >= 4 is 38.8 Å². The molecule has 0 fully saturated rings. The summed E-state index contributed by atoms with van der Waals surface area (Å²) in [5.41, 5.74) is 13.7. The lowest BCUT2D eigenvalue weighted by Gasteiger charge is -2.11. The van der Waals surface area contributed by atoms with Crippen LogP contribution in [0.5, 0.6) is 0 Å². The molecule has 6 aromatic rings. The molecule has 37 heavy (non-hydrogen) atoms. The van der Waals surface area contributed by atoms with E-state index in [-0.39, 0.29) is 5.91 Å². The number of pyridine rings is 1. The molecule has 0 saturated heterocycles. The third kappa shape index (κ3) is 4.37. The molecule has 3 N–H and O–H groups in total. The average molecular weight is 498 g/mol. The van der Waals surface area contributed by atoms with Crippen LogP contribution in [0.4, 0.5) is 11.4 Å². The van der Waals surface area contributed by atoms with E-state index >= 15 is 0 Å². The number of nitrogens with zero attached hydrogens (tertiary/aromatic N) is 1. The van der Waals surface area contributed by atoms with E-state index in [0.717, 1.165) is 49.4 Å². The molecule has 2 aromatic heterocycles. The molecule has 5 heteroatoms. The maximum absolute atomic E-state index is 13.6. The Hall–Kier alpha value is -4.74. The fourth-order valence-electron chi connectivity index (χ4n) is 4.53. The van der Waals surface area contributed by atoms with E-state index in [1.54, 1.807) is 0 Å². The summed E-state index contributed by atoms with van der Waals surface area (Å²) in [4.78, 5) is 19.7. The summed E-state index contributed by atoms with van der Waals surface area (Å²) >= 11 is 1.32. The second kappa shape index (κ2) is 9.72. The molecular weight excluding hydrogens is 474 g/mol. The maximum atomic E-state index is 13.6. The third-order valence-corrected chi connectivity index (χ3v) is 7.42. The predicted octanol–water partition coefficient (Wildman–Crippen LogP) is 8.13. The first-order valence-electron chi connectivity index (χ1n) is 12.0. The number of hydrogen-bond donors (Lipinski definition) is 2. The molecule has 4 nitrogen and oxygen atoms in total. The number of nitrogens with two attached hydrogens (primary N) is 1. The predicted molar refractivity (Wildman–Crippen MR) is 155 cm³/mol. The number of carbonyl (C=O) groups is 1. The summed E-state index contributed by atoms with van der Waals surface area (Å²) in [6.07, 6.45) is 0. The van der Waals surface area contributed by atoms with Gasteiger partial charge in [-0.05, 0) is 28.8 Å². The van der Waals surface area contributed by atoms with E-state index in [2.05, 4.69) is 23.5 Å². The maximum Gasteiger partial charge on any atom is 0.267 e. The molecule has 6 rings (SSSR count). The number of aromatic nitrogens is 1. The van der Waals surface area contributed by atoms with Gasteiger partial charge in [-0.1, -0.05) is 109 Å². The van der Waals surface area contributed by atoms with Crippen molar-refractivity contribution in [2.24, 2.45) is 0 Å². The van der Waals surface area contributed by atoms with Gasteiger partial charge in [0, 0.05) is 22.2 Å². The van der Waals surface area contributed by atoms with Gasteiger partial charge < -0.3 is 11.1 Å². The first-order chi connectivity index (χ1) is 18.2. The molecule has 0 aliphatic carbocycles. The number of benzene rings is 4. The number of nitrogen functional groups attached to an aromatic ring is 1. The minimum absolute atomic E-state index is 0.246. The normalized spacial score (nSPS) is 10.9. The lowest BCUT2D eigenvalue weighted by Crippen LogP contribution is -2.12. The second-order valence-corrected chi connectivity index (χ2v) is 9.68. The van der Waals surface area contributed by atoms with E-state index in [1.807, 2.05) is 103 Å². The molecule has 0 atom stereocenters. The number of hydrogen-bond acceptors (Lipinski definition) is 4. The second-order valence-electron chi connectivity index (χ2n) is 8.68. The number of carbonyl (C=O) groups excluding carboxylic acids is 1. The number of rotatable bonds is 5. The Balaban J connectivity index is 1.46. The van der Waals surface area contributed by atoms with Crippen LogP contribution in [-0.4, -0.2) is 10.9 Å². The molecular formula is C32H23N3OS. The minimum Gasteiger partial charge on any atom is -0.397 e. The van der Waals surface area contributed by atoms with Crippen molar-refractivity contribution in [3.05, 3.63) is 126 Å². The molecule has 0 unspecified atom stereocenters. The molecule has 0 radical (unpaired) electrons. The highest BCUT2D eigenvalue weighted by molar-refractivity contribution is 7.21. The Kier molecular flexibility index (Phi) is 5.97. The average Bonchev–Trinajstić information content (AvgIpc) is 3.30. The van der Waals surface area contributed by atoms with Crippen LogP contribution >= 0.6 is 11.3 Å². The molecule has 0 bridgehead atoms. The van der Waals surface area contributed by atoms with E-state index < -0.39 is 0 Å². The summed E-state index contributed by atoms with van der Waals surface area (Å²) in [6, 6.07) is 40.0. The number of fused-ring (bicyclic) bond motifs is 1. The molecule has 0 aliphatic rings. The number of nitrogens with one attached hydrogen (secondary N) is 1. The van der Waals surface area contributed by atoms with Gasteiger partial charge in [0.2, 0.25) is 0 Å². The van der Waals surface area contributed by atoms with Crippen molar-refractivity contribution in [3.63, 3.8) is 0 Å². The molecule has 0 saturated carbocycles. The fourth-order valence-corrected chi connectivity index (χ4v) is 5.55. The van der Waals surface area contributed by atoms with Crippen LogP contribution in [0.3, 0.4) is 0 Å². The van der Waals surface area contributed by atoms with Crippen molar-refractivity contribution in [2.45, 2.75) is 0 Å². The Morgan fingerprint density at radius 2 is 1.22 bits per heavy atom. The number of thiophene rings is 1. The third-order valence-electron chi connectivity index (χ3n) is 6.32. The first-order valence-corrected chi connectivity index (χ1v) is 12.8. The van der Waals surface area contributed by atoms with Gasteiger partial charge in [0.25, 0.3) is 5.91 Å². The van der Waals surface area contributed by atoms with Gasteiger partial charge in [0.15, 0.2) is 0 Å². The zero-order valence-electron chi connectivity index (χ0n) is 19.9. The highest BCUT2D eigenvalue weighted by atomic mass is 32.1. The van der Waals surface area contributed by atoms with Gasteiger partial charge >= 0.3 is 0 Å². The summed E-state index contributed by atoms with van der Waals surface area (Å²) in [5.74, 6) is -0.246. The van der Waals surface area contributed by atoms with Gasteiger partial charge in [-0.25, -0.2) is 4.98 Å². The van der Waals surface area contributed by atoms with Gasteiger partial charge in [0.05, 0.1) is 11.4 Å². The number of amides is 1. The van der Waals surface area contributed by atoms with Gasteiger partial charge in [0.1, 0.15) is 9.71 Å². The Morgan fingerprint density at radius 1 is 0.676 bits per heavy atom. The lowest BCUT2D eigenvalue weighted by atomic mass is 9.99. The number of anilines is 2. The van der Waals surface area contributed by atoms with E-state index in [1.165, 1.54) is 11.3 Å². The zero-order valence-corrected chi connectivity index (χ0v) is 20.7. The molecule has 0 spiro atoms. The fraction of sp³-hybridized carbons (Fsp3) is 0. The van der Waals surface area contributed by atoms with Crippen LogP contribution in [0.15, 0.2) is 121 Å². The summed E-state index contributed by atoms with van der Waals surface area (Å²) < 4.78 is 0. The Labute approximate surface area is 219 Å². The van der Waals surface area contributed by atoms with Crippen molar-refractivity contribution in [3.8, 4) is 33.5 Å². The van der Waals surface area contributed by atoms with Crippen molar-refractivity contribution < 1.29 is 4.79 Å². The van der Waals surface area contributed by atoms with Crippen LogP contribution in [0.25, 0.3) is 43.7 Å². The van der Waals surface area contributed by atoms with Gasteiger partial charge in [-0.2, -0.15) is 0 Å².